The summed E-state index contributed by atoms with van der Waals surface area (Å²) in [5, 5.41) is 1.81. The predicted octanol–water partition coefficient (Wildman–Crippen LogP) is 5.01. The lowest BCUT2D eigenvalue weighted by atomic mass is 10.2. The molecule has 0 aliphatic rings. The highest BCUT2D eigenvalue weighted by molar-refractivity contribution is 7.18. The lowest BCUT2D eigenvalue weighted by molar-refractivity contribution is 1.42. The number of hydrogen-bond acceptors (Lipinski definition) is 3. The van der Waals surface area contributed by atoms with Crippen LogP contribution in [0, 0.1) is 0 Å². The van der Waals surface area contributed by atoms with Crippen molar-refractivity contribution in [2.75, 3.05) is 5.73 Å². The number of benzene rings is 1. The van der Waals surface area contributed by atoms with E-state index in [9.17, 15) is 0 Å². The maximum atomic E-state index is 6.08. The average Bonchev–Trinajstić information content (AvgIpc) is 2.62. The fourth-order valence-electron chi connectivity index (χ4n) is 1.19. The first-order chi connectivity index (χ1) is 7.50. The average molecular weight is 314 g/mol. The van der Waals surface area contributed by atoms with E-state index < -0.39 is 0 Å². The van der Waals surface area contributed by atoms with Gasteiger partial charge < -0.3 is 5.73 Å². The number of nitrogens with zero attached hydrogens (tertiary/aromatic N) is 1. The van der Waals surface area contributed by atoms with Gasteiger partial charge in [-0.15, -0.1) is 0 Å². The Balaban J connectivity index is 2.73. The minimum atomic E-state index is 0.345. The maximum absolute atomic E-state index is 6.08. The second kappa shape index (κ2) is 4.59. The lowest BCUT2D eigenvalue weighted by Gasteiger charge is -2.07. The van der Waals surface area contributed by atoms with Gasteiger partial charge in [0.1, 0.15) is 0 Å². The van der Waals surface area contributed by atoms with Crippen molar-refractivity contribution in [1.29, 1.82) is 0 Å². The number of nitrogens with two attached hydrogens (primary N) is 1. The number of nitrogen functional groups attached to an aromatic ring is 1. The lowest BCUT2D eigenvalue weighted by Crippen LogP contribution is -1.81. The molecule has 0 aliphatic heterocycles. The Kier molecular flexibility index (Phi) is 3.52. The van der Waals surface area contributed by atoms with Crippen molar-refractivity contribution in [1.82, 2.24) is 4.98 Å². The fourth-order valence-corrected chi connectivity index (χ4v) is 3.06. The van der Waals surface area contributed by atoms with E-state index >= 15 is 0 Å². The molecule has 0 unspecified atom stereocenters. The first kappa shape index (κ1) is 12.3. The van der Waals surface area contributed by atoms with E-state index in [1.54, 1.807) is 6.20 Å². The standard InChI is InChI=1S/C9H4Cl4N2S/c10-3-1-4(11)8(13)6(7(3)12)5-2-15-9(14)16-5/h1-2H,(H2,14,15). The normalized spacial score (nSPS) is 10.8. The number of hydrogen-bond donors (Lipinski definition) is 1. The number of halogens is 4. The molecule has 2 N–H and O–H groups in total. The molecule has 0 fully saturated rings. The van der Waals surface area contributed by atoms with Crippen LogP contribution in [0.4, 0.5) is 5.13 Å². The molecule has 0 amide bonds. The van der Waals surface area contributed by atoms with Gasteiger partial charge in [0, 0.05) is 11.8 Å². The van der Waals surface area contributed by atoms with Crippen molar-refractivity contribution < 1.29 is 0 Å². The van der Waals surface area contributed by atoms with Crippen LogP contribution in [0.25, 0.3) is 10.4 Å². The summed E-state index contributed by atoms with van der Waals surface area (Å²) in [5.41, 5.74) is 6.11. The summed E-state index contributed by atoms with van der Waals surface area (Å²) in [6.45, 7) is 0. The third-order valence-electron chi connectivity index (χ3n) is 1.88. The van der Waals surface area contributed by atoms with E-state index in [2.05, 4.69) is 4.98 Å². The molecule has 16 heavy (non-hydrogen) atoms. The van der Waals surface area contributed by atoms with Crippen LogP contribution in [-0.2, 0) is 0 Å². The molecule has 7 heteroatoms. The highest BCUT2D eigenvalue weighted by atomic mass is 35.5. The van der Waals surface area contributed by atoms with E-state index in [1.165, 1.54) is 17.4 Å². The Morgan fingerprint density at radius 2 is 1.62 bits per heavy atom. The zero-order valence-electron chi connectivity index (χ0n) is 7.60. The van der Waals surface area contributed by atoms with E-state index in [-0.39, 0.29) is 0 Å². The van der Waals surface area contributed by atoms with Gasteiger partial charge in [-0.2, -0.15) is 0 Å². The molecule has 0 atom stereocenters. The predicted molar refractivity (Wildman–Crippen MR) is 72.0 cm³/mol. The zero-order chi connectivity index (χ0) is 11.9. The zero-order valence-corrected chi connectivity index (χ0v) is 11.4. The summed E-state index contributed by atoms with van der Waals surface area (Å²) in [4.78, 5) is 4.66. The third kappa shape index (κ3) is 2.11. The van der Waals surface area contributed by atoms with Crippen LogP contribution in [-0.4, -0.2) is 4.98 Å². The van der Waals surface area contributed by atoms with Crippen molar-refractivity contribution >= 4 is 62.9 Å². The van der Waals surface area contributed by atoms with Gasteiger partial charge in [-0.3, -0.25) is 0 Å². The van der Waals surface area contributed by atoms with Gasteiger partial charge in [0.05, 0.1) is 25.0 Å². The van der Waals surface area contributed by atoms with Crippen LogP contribution in [0.2, 0.25) is 20.1 Å². The molecule has 0 bridgehead atoms. The first-order valence-corrected chi connectivity index (χ1v) is 6.38. The molecule has 2 aromatic rings. The van der Waals surface area contributed by atoms with E-state index in [4.69, 9.17) is 52.1 Å². The second-order valence-corrected chi connectivity index (χ2v) is 5.54. The van der Waals surface area contributed by atoms with Crippen LogP contribution in [0.1, 0.15) is 0 Å². The van der Waals surface area contributed by atoms with E-state index in [1.807, 2.05) is 0 Å². The van der Waals surface area contributed by atoms with Gasteiger partial charge in [-0.05, 0) is 6.07 Å². The summed E-state index contributed by atoms with van der Waals surface area (Å²) in [7, 11) is 0. The Morgan fingerprint density at radius 1 is 1.06 bits per heavy atom. The van der Waals surface area contributed by atoms with Crippen molar-refractivity contribution in [3.05, 3.63) is 32.4 Å². The number of aromatic nitrogens is 1. The monoisotopic (exact) mass is 312 g/mol. The SMILES string of the molecule is Nc1ncc(-c2c(Cl)c(Cl)cc(Cl)c2Cl)s1. The van der Waals surface area contributed by atoms with Gasteiger partial charge >= 0.3 is 0 Å². The summed E-state index contributed by atoms with van der Waals surface area (Å²) < 4.78 is 0. The van der Waals surface area contributed by atoms with Crippen LogP contribution in [0.15, 0.2) is 12.3 Å². The van der Waals surface area contributed by atoms with E-state index in [0.29, 0.717) is 30.8 Å². The Bertz CT molecular complexity index is 526. The Labute approximate surface area is 116 Å². The third-order valence-corrected chi connectivity index (χ3v) is 4.30. The fraction of sp³-hybridized carbons (Fsp3) is 0. The van der Waals surface area contributed by atoms with Gasteiger partial charge in [0.2, 0.25) is 0 Å². The summed E-state index contributed by atoms with van der Waals surface area (Å²) in [6, 6.07) is 1.50. The molecule has 84 valence electrons. The molecule has 2 rings (SSSR count). The van der Waals surface area contributed by atoms with Crippen LogP contribution in [0.5, 0.6) is 0 Å². The molecule has 0 radical (unpaired) electrons. The summed E-state index contributed by atoms with van der Waals surface area (Å²) >= 11 is 25.3. The first-order valence-electron chi connectivity index (χ1n) is 4.05. The quantitative estimate of drug-likeness (QED) is 0.752. The Morgan fingerprint density at radius 3 is 2.06 bits per heavy atom. The van der Waals surface area contributed by atoms with Crippen molar-refractivity contribution in [2.24, 2.45) is 0 Å². The van der Waals surface area contributed by atoms with E-state index in [0.717, 1.165) is 4.88 Å². The topological polar surface area (TPSA) is 38.9 Å². The second-order valence-electron chi connectivity index (χ2n) is 2.91. The molecule has 0 aliphatic carbocycles. The Hall–Kier alpha value is -0.190. The number of anilines is 1. The highest BCUT2D eigenvalue weighted by Crippen LogP contribution is 2.45. The molecule has 1 aromatic carbocycles. The highest BCUT2D eigenvalue weighted by Gasteiger charge is 2.17. The molecule has 1 aromatic heterocycles. The molecule has 1 heterocycles. The molecule has 0 saturated heterocycles. The molecule has 0 spiro atoms. The van der Waals surface area contributed by atoms with Crippen molar-refractivity contribution in [3.8, 4) is 10.4 Å². The summed E-state index contributed by atoms with van der Waals surface area (Å²) in [5.74, 6) is 0. The maximum Gasteiger partial charge on any atom is 0.180 e. The number of rotatable bonds is 1. The molecular formula is C9H4Cl4N2S. The van der Waals surface area contributed by atoms with Gasteiger partial charge in [0.25, 0.3) is 0 Å². The van der Waals surface area contributed by atoms with Crippen LogP contribution < -0.4 is 5.73 Å². The minimum absolute atomic E-state index is 0.345. The minimum Gasteiger partial charge on any atom is -0.375 e. The molecule has 2 nitrogen and oxygen atoms in total. The van der Waals surface area contributed by atoms with Gasteiger partial charge in [-0.1, -0.05) is 57.7 Å². The smallest absolute Gasteiger partial charge is 0.180 e. The molecule has 0 saturated carbocycles. The van der Waals surface area contributed by atoms with Crippen LogP contribution in [0.3, 0.4) is 0 Å². The molecular weight excluding hydrogens is 310 g/mol. The van der Waals surface area contributed by atoms with Crippen molar-refractivity contribution in [2.45, 2.75) is 0 Å². The number of thiazole rings is 1. The van der Waals surface area contributed by atoms with Crippen LogP contribution >= 0.6 is 57.7 Å². The summed E-state index contributed by atoms with van der Waals surface area (Å²) in [6.07, 6.45) is 1.58. The van der Waals surface area contributed by atoms with Crippen molar-refractivity contribution in [3.63, 3.8) is 0 Å². The van der Waals surface area contributed by atoms with Gasteiger partial charge in [0.15, 0.2) is 5.13 Å². The largest absolute Gasteiger partial charge is 0.375 e. The van der Waals surface area contributed by atoms with Gasteiger partial charge in [-0.25, -0.2) is 4.98 Å².